The van der Waals surface area contributed by atoms with Crippen LogP contribution in [0, 0.1) is 0 Å². The number of nitrogens with zero attached hydrogens (tertiary/aromatic N) is 1. The number of fused-ring (bicyclic) bond motifs is 1. The molecule has 0 saturated carbocycles. The summed E-state index contributed by atoms with van der Waals surface area (Å²) in [5, 5.41) is 0. The van der Waals surface area contributed by atoms with Gasteiger partial charge in [-0.3, -0.25) is 4.79 Å². The normalized spacial score (nSPS) is 11.1. The molecular weight excluding hydrogens is 324 g/mol. The molecule has 1 heterocycles. The molecule has 0 unspecified atom stereocenters. The van der Waals surface area contributed by atoms with E-state index < -0.39 is 0 Å². The molecule has 126 valence electrons. The smallest absolute Gasteiger partial charge is 0.274 e. The molecule has 26 heavy (non-hydrogen) atoms. The number of aromatic amines is 1. The van der Waals surface area contributed by atoms with Crippen molar-refractivity contribution >= 4 is 23.2 Å². The van der Waals surface area contributed by atoms with Crippen LogP contribution in [0.15, 0.2) is 83.7 Å². The number of hydrogen-bond donors (Lipinski definition) is 1. The van der Waals surface area contributed by atoms with Crippen LogP contribution < -0.4 is 10.3 Å². The maximum atomic E-state index is 12.2. The Labute approximate surface area is 150 Å². The topological polar surface area (TPSA) is 55.0 Å². The first-order chi connectivity index (χ1) is 12.8. The Bertz CT molecular complexity index is 1130. The molecule has 0 aliphatic heterocycles. The number of rotatable bonds is 4. The molecular formula is C22H16N2O2. The largest absolute Gasteiger partial charge is 0.457 e. The van der Waals surface area contributed by atoms with E-state index in [2.05, 4.69) is 9.97 Å². The fourth-order valence-corrected chi connectivity index (χ4v) is 2.64. The minimum Gasteiger partial charge on any atom is -0.457 e. The van der Waals surface area contributed by atoms with E-state index in [4.69, 9.17) is 4.74 Å². The van der Waals surface area contributed by atoms with Crippen molar-refractivity contribution in [2.24, 2.45) is 0 Å². The molecule has 0 atom stereocenters. The highest BCUT2D eigenvalue weighted by Crippen LogP contribution is 2.22. The van der Waals surface area contributed by atoms with Crippen molar-refractivity contribution in [2.45, 2.75) is 0 Å². The van der Waals surface area contributed by atoms with Crippen molar-refractivity contribution in [3.63, 3.8) is 0 Å². The first-order valence-electron chi connectivity index (χ1n) is 8.28. The van der Waals surface area contributed by atoms with Gasteiger partial charge in [-0.05, 0) is 48.0 Å². The van der Waals surface area contributed by atoms with E-state index in [0.717, 1.165) is 28.1 Å². The Kier molecular flexibility index (Phi) is 4.31. The summed E-state index contributed by atoms with van der Waals surface area (Å²) in [7, 11) is 0. The van der Waals surface area contributed by atoms with Gasteiger partial charge >= 0.3 is 0 Å². The fourth-order valence-electron chi connectivity index (χ4n) is 2.64. The van der Waals surface area contributed by atoms with Gasteiger partial charge in [0.05, 0.1) is 11.0 Å². The Hall–Kier alpha value is -3.66. The molecule has 4 aromatic rings. The van der Waals surface area contributed by atoms with Crippen molar-refractivity contribution in [1.29, 1.82) is 0 Å². The van der Waals surface area contributed by atoms with Crippen LogP contribution in [0.5, 0.6) is 11.5 Å². The summed E-state index contributed by atoms with van der Waals surface area (Å²) in [6.07, 6.45) is 3.57. The number of benzene rings is 3. The number of H-pyrrole nitrogens is 1. The zero-order valence-corrected chi connectivity index (χ0v) is 13.9. The average Bonchev–Trinajstić information content (AvgIpc) is 2.67. The molecule has 3 aromatic carbocycles. The van der Waals surface area contributed by atoms with E-state index in [-0.39, 0.29) is 5.56 Å². The van der Waals surface area contributed by atoms with Crippen LogP contribution in [0.25, 0.3) is 23.2 Å². The lowest BCUT2D eigenvalue weighted by atomic mass is 10.2. The van der Waals surface area contributed by atoms with E-state index in [9.17, 15) is 4.79 Å². The maximum absolute atomic E-state index is 12.2. The first-order valence-corrected chi connectivity index (χ1v) is 8.28. The summed E-state index contributed by atoms with van der Waals surface area (Å²) in [6, 6.07) is 24.7. The van der Waals surface area contributed by atoms with Gasteiger partial charge in [-0.15, -0.1) is 0 Å². The number of para-hydroxylation sites is 3. The Morgan fingerprint density at radius 1 is 0.808 bits per heavy atom. The standard InChI is InChI=1S/C22H16N2O2/c25-22-21(23-19-11-4-5-12-20(19)24-22)14-13-16-7-6-10-18(15-16)26-17-8-2-1-3-9-17/h1-15H,(H,24,25)/b14-13+. The number of ether oxygens (including phenoxy) is 1. The number of nitrogens with one attached hydrogen (secondary N) is 1. The predicted molar refractivity (Wildman–Crippen MR) is 104 cm³/mol. The summed E-state index contributed by atoms with van der Waals surface area (Å²) >= 11 is 0. The highest BCUT2D eigenvalue weighted by atomic mass is 16.5. The van der Waals surface area contributed by atoms with Crippen LogP contribution in [0.3, 0.4) is 0 Å². The van der Waals surface area contributed by atoms with Crippen LogP contribution in [0.1, 0.15) is 11.3 Å². The van der Waals surface area contributed by atoms with Crippen molar-refractivity contribution in [1.82, 2.24) is 9.97 Å². The molecule has 0 aliphatic rings. The summed E-state index contributed by atoms with van der Waals surface area (Å²) in [4.78, 5) is 19.4. The van der Waals surface area contributed by atoms with Crippen LogP contribution in [0.4, 0.5) is 0 Å². The maximum Gasteiger partial charge on any atom is 0.274 e. The van der Waals surface area contributed by atoms with Crippen molar-refractivity contribution in [3.8, 4) is 11.5 Å². The van der Waals surface area contributed by atoms with E-state index in [1.165, 1.54) is 0 Å². The third kappa shape index (κ3) is 3.54. The molecule has 0 aliphatic carbocycles. The second-order valence-corrected chi connectivity index (χ2v) is 5.79. The fraction of sp³-hybridized carbons (Fsp3) is 0. The van der Waals surface area contributed by atoms with Crippen LogP contribution in [0.2, 0.25) is 0 Å². The van der Waals surface area contributed by atoms with E-state index in [1.807, 2.05) is 84.9 Å². The number of aromatic nitrogens is 2. The predicted octanol–water partition coefficient (Wildman–Crippen LogP) is 4.89. The molecule has 0 radical (unpaired) electrons. The Morgan fingerprint density at radius 3 is 2.46 bits per heavy atom. The van der Waals surface area contributed by atoms with Crippen LogP contribution in [-0.4, -0.2) is 9.97 Å². The molecule has 0 amide bonds. The van der Waals surface area contributed by atoms with Gasteiger partial charge < -0.3 is 9.72 Å². The van der Waals surface area contributed by atoms with E-state index >= 15 is 0 Å². The molecule has 1 aromatic heterocycles. The van der Waals surface area contributed by atoms with Crippen LogP contribution in [-0.2, 0) is 0 Å². The molecule has 0 saturated heterocycles. The molecule has 0 fully saturated rings. The van der Waals surface area contributed by atoms with Gasteiger partial charge in [0.25, 0.3) is 5.56 Å². The summed E-state index contributed by atoms with van der Waals surface area (Å²) in [5.74, 6) is 1.51. The second kappa shape index (κ2) is 7.07. The van der Waals surface area contributed by atoms with E-state index in [0.29, 0.717) is 5.69 Å². The molecule has 0 spiro atoms. The molecule has 1 N–H and O–H groups in total. The van der Waals surface area contributed by atoms with Gasteiger partial charge in [0.2, 0.25) is 0 Å². The van der Waals surface area contributed by atoms with E-state index in [1.54, 1.807) is 6.08 Å². The van der Waals surface area contributed by atoms with Gasteiger partial charge in [-0.2, -0.15) is 0 Å². The lowest BCUT2D eigenvalue weighted by molar-refractivity contribution is 0.482. The highest BCUT2D eigenvalue weighted by molar-refractivity contribution is 5.76. The summed E-state index contributed by atoms with van der Waals surface area (Å²) in [6.45, 7) is 0. The zero-order chi connectivity index (χ0) is 17.8. The van der Waals surface area contributed by atoms with Crippen molar-refractivity contribution in [3.05, 3.63) is 100 Å². The summed E-state index contributed by atoms with van der Waals surface area (Å²) in [5.41, 5.74) is 2.57. The monoisotopic (exact) mass is 340 g/mol. The summed E-state index contributed by atoms with van der Waals surface area (Å²) < 4.78 is 5.84. The lowest BCUT2D eigenvalue weighted by Gasteiger charge is -2.05. The molecule has 4 rings (SSSR count). The van der Waals surface area contributed by atoms with Crippen molar-refractivity contribution in [2.75, 3.05) is 0 Å². The molecule has 0 bridgehead atoms. The third-order valence-corrected chi connectivity index (χ3v) is 3.90. The second-order valence-electron chi connectivity index (χ2n) is 5.79. The van der Waals surface area contributed by atoms with Gasteiger partial charge in [-0.1, -0.05) is 48.5 Å². The third-order valence-electron chi connectivity index (χ3n) is 3.90. The highest BCUT2D eigenvalue weighted by Gasteiger charge is 2.02. The zero-order valence-electron chi connectivity index (χ0n) is 13.9. The van der Waals surface area contributed by atoms with Crippen molar-refractivity contribution < 1.29 is 4.74 Å². The van der Waals surface area contributed by atoms with Gasteiger partial charge in [0.1, 0.15) is 17.2 Å². The minimum absolute atomic E-state index is 0.211. The van der Waals surface area contributed by atoms with Gasteiger partial charge in [-0.25, -0.2) is 4.98 Å². The average molecular weight is 340 g/mol. The molecule has 4 heteroatoms. The quantitative estimate of drug-likeness (QED) is 0.576. The van der Waals surface area contributed by atoms with Crippen LogP contribution >= 0.6 is 0 Å². The van der Waals surface area contributed by atoms with Gasteiger partial charge in [0.15, 0.2) is 0 Å². The lowest BCUT2D eigenvalue weighted by Crippen LogP contribution is -2.11. The Morgan fingerprint density at radius 2 is 1.58 bits per heavy atom. The Balaban J connectivity index is 1.60. The number of hydrogen-bond acceptors (Lipinski definition) is 3. The van der Waals surface area contributed by atoms with Gasteiger partial charge in [0, 0.05) is 0 Å². The SMILES string of the molecule is O=c1[nH]c2ccccc2nc1/C=C/c1cccc(Oc2ccccc2)c1. The first kappa shape index (κ1) is 15.8. The molecule has 4 nitrogen and oxygen atoms in total. The minimum atomic E-state index is -0.211.